The normalized spacial score (nSPS) is 11.7. The van der Waals surface area contributed by atoms with E-state index in [-0.39, 0.29) is 0 Å². The average molecular weight is 1390 g/mol. The van der Waals surface area contributed by atoms with Crippen LogP contribution in [0.25, 0.3) is 0 Å². The van der Waals surface area contributed by atoms with E-state index >= 15 is 0 Å². The van der Waals surface area contributed by atoms with Gasteiger partial charge in [0.1, 0.15) is 16.1 Å². The Morgan fingerprint density at radius 2 is 0.620 bits per heavy atom. The molecular weight excluding hydrogens is 1270 g/mol. The van der Waals surface area contributed by atoms with Crippen LogP contribution in [0.4, 0.5) is 0 Å². The van der Waals surface area contributed by atoms with Crippen molar-refractivity contribution in [3.05, 3.63) is 240 Å². The van der Waals surface area contributed by atoms with E-state index in [1.54, 1.807) is 14.2 Å². The van der Waals surface area contributed by atoms with Crippen molar-refractivity contribution >= 4 is 80.5 Å². The Balaban J connectivity index is 0.00000106. The smallest absolute Gasteiger partial charge is 0.218 e. The summed E-state index contributed by atoms with van der Waals surface area (Å²) in [7, 11) is -0.505. The molecule has 0 N–H and O–H groups in total. The third-order valence-corrected chi connectivity index (χ3v) is 36.1. The Labute approximate surface area is 575 Å². The van der Waals surface area contributed by atoms with Crippen LogP contribution in [0.3, 0.4) is 0 Å². The van der Waals surface area contributed by atoms with Gasteiger partial charge in [0.05, 0.1) is 0 Å². The molecule has 8 nitrogen and oxygen atoms in total. The summed E-state index contributed by atoms with van der Waals surface area (Å²) in [6.07, 6.45) is 0. The lowest BCUT2D eigenvalue weighted by Gasteiger charge is -2.35. The Morgan fingerprint density at radius 3 is 0.815 bits per heavy atom. The van der Waals surface area contributed by atoms with Crippen LogP contribution >= 0.6 is 0 Å². The fourth-order valence-electron chi connectivity index (χ4n) is 10.0. The summed E-state index contributed by atoms with van der Waals surface area (Å²) < 4.78 is 44.7. The van der Waals surface area contributed by atoms with E-state index < -0.39 is 65.3 Å². The molecule has 0 amide bonds. The van der Waals surface area contributed by atoms with Crippen molar-refractivity contribution in [2.24, 2.45) is 0 Å². The van der Waals surface area contributed by atoms with Gasteiger partial charge in [0.2, 0.25) is 16.6 Å². The molecule has 0 aliphatic heterocycles. The van der Waals surface area contributed by atoms with E-state index in [0.29, 0.717) is 16.0 Å². The van der Waals surface area contributed by atoms with Gasteiger partial charge in [0.15, 0.2) is 43.0 Å². The molecule has 0 saturated heterocycles. The fraction of sp³-hybridized carbons (Fsp3) is 0.447. The average Bonchev–Trinajstić information content (AvgIpc) is 0.765. The molecule has 0 bridgehead atoms. The molecule has 0 atom stereocenters. The van der Waals surface area contributed by atoms with Crippen molar-refractivity contribution in [3.8, 4) is 0 Å². The van der Waals surface area contributed by atoms with Crippen LogP contribution in [0.1, 0.15) is 95.7 Å². The number of benzene rings is 7. The highest BCUT2D eigenvalue weighted by Crippen LogP contribution is 2.39. The Kier molecular flexibility index (Phi) is 46.5. The molecule has 0 unspecified atom stereocenters. The van der Waals surface area contributed by atoms with Crippen LogP contribution in [-0.2, 0) is 41.0 Å². The van der Waals surface area contributed by atoms with Gasteiger partial charge in [-0.05, 0) is 161 Å². The summed E-state index contributed by atoms with van der Waals surface area (Å²) in [6.45, 7) is 44.2. The standard InChI is InChI=1S/C19H18OSi.C14H16OSi.C10H16OSi.C9H14OSi.C8H20OSi.C7H18OSi.C5H14OSi.C4H12OSi/c21-20-19(16-10-4-1-5-11-16,17-12-6-2-7-13-17)18-14-8-3-9-15-18;1-15-16-14(12-8-4-2-5-9-12)13-10-6-3-7-11-13;1-4-11-12(2,3)10-8-6-5-7-9-10;1-10-11(2,3)9-7-5-4-6-8-9;1-5-9-10(6-2,7-3)8-4;1-5-9(6-2,7-3)8-4;1-5-6-7(2,3)4;1-5-6(2,3)4/h1-15H,21H3;2-11,14H,16H2,1H3;5-9H,4H2,1-3H3;4-8H,1-3H3;5-8H2,1-4H3;5-7H2,1-4H3;5H2,1-4H3;1-4H3. The molecular formula is C76H128O8Si8. The number of rotatable bonds is 25. The van der Waals surface area contributed by atoms with Gasteiger partial charge in [-0.25, -0.2) is 0 Å². The minimum Gasteiger partial charge on any atom is -0.426 e. The maximum atomic E-state index is 6.24. The highest BCUT2D eigenvalue weighted by atomic mass is 28.4. The molecule has 0 aliphatic carbocycles. The molecule has 7 aromatic carbocycles. The first-order valence-electron chi connectivity index (χ1n) is 33.7. The maximum absolute atomic E-state index is 6.24. The van der Waals surface area contributed by atoms with Crippen LogP contribution in [0.15, 0.2) is 212 Å². The molecule has 0 aromatic heterocycles. The summed E-state index contributed by atoms with van der Waals surface area (Å²) in [5, 5.41) is 2.72. The molecule has 92 heavy (non-hydrogen) atoms. The van der Waals surface area contributed by atoms with Crippen LogP contribution in [0, 0.1) is 0 Å². The molecule has 0 aliphatic rings. The molecule has 0 spiro atoms. The number of hydrogen-bond acceptors (Lipinski definition) is 8. The van der Waals surface area contributed by atoms with Crippen LogP contribution < -0.4 is 10.4 Å². The summed E-state index contributed by atoms with van der Waals surface area (Å²) in [5.74, 6) is 0. The Bertz CT molecular complexity index is 2630. The third kappa shape index (κ3) is 34.1. The maximum Gasteiger partial charge on any atom is 0.218 e. The molecule has 16 heteroatoms. The topological polar surface area (TPSA) is 73.8 Å². The van der Waals surface area contributed by atoms with E-state index in [9.17, 15) is 0 Å². The molecule has 7 rings (SSSR count). The van der Waals surface area contributed by atoms with E-state index in [2.05, 4.69) is 303 Å². The molecule has 0 saturated carbocycles. The van der Waals surface area contributed by atoms with Gasteiger partial charge in [0, 0.05) is 53.8 Å². The Morgan fingerprint density at radius 1 is 0.337 bits per heavy atom. The molecule has 7 aromatic rings. The van der Waals surface area contributed by atoms with Gasteiger partial charge in [-0.15, -0.1) is 0 Å². The van der Waals surface area contributed by atoms with Gasteiger partial charge in [-0.3, -0.25) is 0 Å². The first-order chi connectivity index (χ1) is 43.7. The molecule has 0 heterocycles. The largest absolute Gasteiger partial charge is 0.426 e. The minimum absolute atomic E-state index is 0.465. The second-order valence-electron chi connectivity index (χ2n) is 25.2. The lowest BCUT2D eigenvalue weighted by Crippen LogP contribution is -2.44. The SMILES string of the molecule is CCO[Si](C)(C)C.CCO[Si](C)(C)c1ccccc1.CCO[Si](CC)(CC)CC.CC[Si](CC)(CC)OC.CO[SiH2]C(c1ccccc1)c1ccccc1.CO[Si](C)(C)C.CO[Si](C)(C)c1ccccc1.[SiH3]OC(c1ccccc1)(c1ccccc1)c1ccccc1. The van der Waals surface area contributed by atoms with Crippen LogP contribution in [-0.4, -0.2) is 118 Å². The summed E-state index contributed by atoms with van der Waals surface area (Å²) in [5.41, 5.74) is 6.17. The van der Waals surface area contributed by atoms with Gasteiger partial charge in [0.25, 0.3) is 0 Å². The monoisotopic (exact) mass is 1390 g/mol. The second kappa shape index (κ2) is 48.6. The summed E-state index contributed by atoms with van der Waals surface area (Å²) in [4.78, 5) is 0. The lowest BCUT2D eigenvalue weighted by atomic mass is 9.80. The van der Waals surface area contributed by atoms with Gasteiger partial charge < -0.3 is 35.4 Å². The van der Waals surface area contributed by atoms with Gasteiger partial charge >= 0.3 is 0 Å². The minimum atomic E-state index is -1.58. The second-order valence-corrected chi connectivity index (χ2v) is 54.0. The molecule has 512 valence electrons. The van der Waals surface area contributed by atoms with E-state index in [4.69, 9.17) is 35.4 Å². The van der Waals surface area contributed by atoms with Crippen LogP contribution in [0.5, 0.6) is 0 Å². The predicted molar refractivity (Wildman–Crippen MR) is 425 cm³/mol. The lowest BCUT2D eigenvalue weighted by molar-refractivity contribution is 0.173. The Hall–Kier alpha value is -4.04. The summed E-state index contributed by atoms with van der Waals surface area (Å²) in [6, 6.07) is 81.1. The summed E-state index contributed by atoms with van der Waals surface area (Å²) >= 11 is 0. The van der Waals surface area contributed by atoms with Crippen LogP contribution in [0.2, 0.25) is 102 Å². The van der Waals surface area contributed by atoms with Crippen molar-refractivity contribution in [2.45, 2.75) is 175 Å². The van der Waals surface area contributed by atoms with Gasteiger partial charge in [-0.1, -0.05) is 254 Å². The van der Waals surface area contributed by atoms with E-state index in [1.165, 1.54) is 57.8 Å². The zero-order chi connectivity index (χ0) is 69.6. The van der Waals surface area contributed by atoms with Crippen molar-refractivity contribution in [1.29, 1.82) is 0 Å². The highest BCUT2D eigenvalue weighted by Gasteiger charge is 2.36. The van der Waals surface area contributed by atoms with Crippen molar-refractivity contribution in [2.75, 3.05) is 48.3 Å². The highest BCUT2D eigenvalue weighted by molar-refractivity contribution is 6.84. The predicted octanol–water partition coefficient (Wildman–Crippen LogP) is 18.7. The first kappa shape index (κ1) is 88.0. The zero-order valence-corrected chi connectivity index (χ0v) is 71.5. The third-order valence-electron chi connectivity index (χ3n) is 16.5. The van der Waals surface area contributed by atoms with Crippen molar-refractivity contribution in [1.82, 2.24) is 0 Å². The molecule has 0 fully saturated rings. The first-order valence-corrected chi connectivity index (χ1v) is 53.6. The zero-order valence-electron chi connectivity index (χ0n) is 62.1. The van der Waals surface area contributed by atoms with E-state index in [1.807, 2.05) is 51.5 Å². The number of hydrogen-bond donors (Lipinski definition) is 0. The fourth-order valence-corrected chi connectivity index (χ4v) is 21.1. The quantitative estimate of drug-likeness (QED) is 0.0414. The van der Waals surface area contributed by atoms with Crippen molar-refractivity contribution < 1.29 is 35.4 Å². The van der Waals surface area contributed by atoms with E-state index in [0.717, 1.165) is 36.5 Å². The molecule has 0 radical (unpaired) electrons. The van der Waals surface area contributed by atoms with Gasteiger partial charge in [-0.2, -0.15) is 0 Å². The van der Waals surface area contributed by atoms with Crippen molar-refractivity contribution in [3.63, 3.8) is 0 Å².